The zero-order chi connectivity index (χ0) is 13.1. The number of anilines is 2. The van der Waals surface area contributed by atoms with Crippen molar-refractivity contribution in [1.82, 2.24) is 4.98 Å². The third-order valence-corrected chi connectivity index (χ3v) is 4.20. The fraction of sp³-hybridized carbons (Fsp3) is 0.0909. The van der Waals surface area contributed by atoms with E-state index >= 15 is 0 Å². The summed E-state index contributed by atoms with van der Waals surface area (Å²) in [5.74, 6) is -0.108. The van der Waals surface area contributed by atoms with E-state index in [4.69, 9.17) is 5.73 Å². The maximum atomic E-state index is 11.8. The number of benzene rings is 1. The molecule has 1 aromatic heterocycles. The van der Waals surface area contributed by atoms with Crippen molar-refractivity contribution in [2.75, 3.05) is 11.1 Å². The second kappa shape index (κ2) is 5.98. The molecule has 1 aromatic carbocycles. The lowest BCUT2D eigenvalue weighted by atomic mass is 10.3. The van der Waals surface area contributed by atoms with Gasteiger partial charge in [-0.1, -0.05) is 0 Å². The number of aromatic nitrogens is 1. The van der Waals surface area contributed by atoms with Crippen LogP contribution in [-0.2, 0) is 11.2 Å². The Morgan fingerprint density at radius 3 is 3.00 bits per heavy atom. The molecule has 2 aromatic rings. The van der Waals surface area contributed by atoms with Gasteiger partial charge in [-0.15, -0.1) is 11.3 Å². The van der Waals surface area contributed by atoms with Crippen molar-refractivity contribution in [3.8, 4) is 0 Å². The highest BCUT2D eigenvalue weighted by atomic mass is 127. The topological polar surface area (TPSA) is 68.0 Å². The van der Waals surface area contributed by atoms with Crippen LogP contribution in [0.25, 0.3) is 0 Å². The molecule has 0 radical (unpaired) electrons. The lowest BCUT2D eigenvalue weighted by Gasteiger charge is -2.07. The summed E-state index contributed by atoms with van der Waals surface area (Å²) in [5, 5.41) is 5.11. The van der Waals surface area contributed by atoms with E-state index in [1.165, 1.54) is 11.3 Å². The third kappa shape index (κ3) is 3.66. The number of rotatable bonds is 3. The Bertz CT molecular complexity index is 587. The molecule has 2 rings (SSSR count). The monoisotopic (exact) mass is 437 g/mol. The number of hydrogen-bond donors (Lipinski definition) is 2. The van der Waals surface area contributed by atoms with Crippen LogP contribution in [0.4, 0.5) is 10.8 Å². The number of nitrogen functional groups attached to an aromatic ring is 1. The van der Waals surface area contributed by atoms with E-state index in [2.05, 4.69) is 48.8 Å². The Morgan fingerprint density at radius 1 is 1.56 bits per heavy atom. The fourth-order valence-electron chi connectivity index (χ4n) is 1.36. The van der Waals surface area contributed by atoms with Crippen LogP contribution < -0.4 is 11.1 Å². The first kappa shape index (κ1) is 13.8. The van der Waals surface area contributed by atoms with Crippen LogP contribution in [0.2, 0.25) is 0 Å². The van der Waals surface area contributed by atoms with Gasteiger partial charge in [0, 0.05) is 13.4 Å². The highest BCUT2D eigenvalue weighted by Gasteiger charge is 2.09. The molecule has 0 bridgehead atoms. The Labute approximate surface area is 130 Å². The van der Waals surface area contributed by atoms with Gasteiger partial charge in [-0.2, -0.15) is 0 Å². The van der Waals surface area contributed by atoms with Crippen molar-refractivity contribution >= 4 is 66.6 Å². The van der Waals surface area contributed by atoms with Crippen molar-refractivity contribution in [2.45, 2.75) is 6.42 Å². The summed E-state index contributed by atoms with van der Waals surface area (Å²) in [6.45, 7) is 0. The minimum atomic E-state index is -0.108. The van der Waals surface area contributed by atoms with Gasteiger partial charge in [0.1, 0.15) is 0 Å². The summed E-state index contributed by atoms with van der Waals surface area (Å²) in [4.78, 5) is 15.9. The molecule has 1 amide bonds. The van der Waals surface area contributed by atoms with Crippen molar-refractivity contribution < 1.29 is 4.79 Å². The Balaban J connectivity index is 2.05. The molecule has 94 valence electrons. The number of carbonyl (C=O) groups excluding carboxylic acids is 1. The van der Waals surface area contributed by atoms with Gasteiger partial charge < -0.3 is 11.1 Å². The number of nitrogens with one attached hydrogen (secondary N) is 1. The molecule has 0 spiro atoms. The van der Waals surface area contributed by atoms with Gasteiger partial charge in [0.25, 0.3) is 0 Å². The van der Waals surface area contributed by atoms with E-state index in [0.29, 0.717) is 10.8 Å². The molecule has 0 saturated carbocycles. The minimum Gasteiger partial charge on any atom is -0.375 e. The third-order valence-electron chi connectivity index (χ3n) is 2.11. The van der Waals surface area contributed by atoms with Crippen LogP contribution in [0.1, 0.15) is 5.69 Å². The van der Waals surface area contributed by atoms with Crippen LogP contribution in [-0.4, -0.2) is 10.9 Å². The highest BCUT2D eigenvalue weighted by Crippen LogP contribution is 2.24. The quantitative estimate of drug-likeness (QED) is 0.724. The Hall–Kier alpha value is -0.670. The number of amides is 1. The smallest absolute Gasteiger partial charge is 0.230 e. The van der Waals surface area contributed by atoms with Gasteiger partial charge in [0.2, 0.25) is 5.91 Å². The maximum Gasteiger partial charge on any atom is 0.230 e. The van der Waals surface area contributed by atoms with Crippen molar-refractivity contribution in [3.63, 3.8) is 0 Å². The Kier molecular flexibility index (Phi) is 4.57. The molecule has 0 unspecified atom stereocenters. The zero-order valence-electron chi connectivity index (χ0n) is 9.11. The molecular formula is C11H9BrIN3OS. The molecule has 0 aliphatic carbocycles. The van der Waals surface area contributed by atoms with Gasteiger partial charge in [0.05, 0.1) is 17.8 Å². The summed E-state index contributed by atoms with van der Waals surface area (Å²) in [6, 6.07) is 5.76. The van der Waals surface area contributed by atoms with Gasteiger partial charge in [0.15, 0.2) is 5.13 Å². The first-order chi connectivity index (χ1) is 8.54. The van der Waals surface area contributed by atoms with E-state index in [1.54, 1.807) is 5.38 Å². The molecule has 0 aliphatic heterocycles. The summed E-state index contributed by atoms with van der Waals surface area (Å²) in [7, 11) is 0. The number of nitrogens with two attached hydrogens (primary N) is 1. The summed E-state index contributed by atoms with van der Waals surface area (Å²) in [6.07, 6.45) is 0.228. The number of halogens is 2. The molecular weight excluding hydrogens is 429 g/mol. The van der Waals surface area contributed by atoms with Crippen LogP contribution in [0.15, 0.2) is 28.1 Å². The average molecular weight is 438 g/mol. The lowest BCUT2D eigenvalue weighted by molar-refractivity contribution is -0.115. The highest BCUT2D eigenvalue weighted by molar-refractivity contribution is 14.1. The molecule has 0 fully saturated rings. The lowest BCUT2D eigenvalue weighted by Crippen LogP contribution is -2.15. The van der Waals surface area contributed by atoms with E-state index in [1.807, 2.05) is 18.2 Å². The molecule has 7 heteroatoms. The number of hydrogen-bond acceptors (Lipinski definition) is 4. The summed E-state index contributed by atoms with van der Waals surface area (Å²) >= 11 is 6.93. The number of thiazole rings is 1. The predicted molar refractivity (Wildman–Crippen MR) is 85.7 cm³/mol. The molecule has 18 heavy (non-hydrogen) atoms. The second-order valence-electron chi connectivity index (χ2n) is 3.53. The number of nitrogens with zero attached hydrogens (tertiary/aromatic N) is 1. The molecule has 1 heterocycles. The maximum absolute atomic E-state index is 11.8. The Morgan fingerprint density at radius 2 is 2.33 bits per heavy atom. The molecule has 4 nitrogen and oxygen atoms in total. The van der Waals surface area contributed by atoms with Crippen LogP contribution in [0, 0.1) is 3.57 Å². The van der Waals surface area contributed by atoms with Crippen LogP contribution >= 0.6 is 49.9 Å². The molecule has 3 N–H and O–H groups in total. The van der Waals surface area contributed by atoms with E-state index in [-0.39, 0.29) is 12.3 Å². The van der Waals surface area contributed by atoms with Crippen molar-refractivity contribution in [3.05, 3.63) is 37.3 Å². The molecule has 0 atom stereocenters. The molecule has 0 saturated heterocycles. The average Bonchev–Trinajstić information content (AvgIpc) is 2.69. The van der Waals surface area contributed by atoms with Gasteiger partial charge in [-0.25, -0.2) is 4.98 Å². The van der Waals surface area contributed by atoms with E-state index < -0.39 is 0 Å². The fourth-order valence-corrected chi connectivity index (χ4v) is 2.76. The summed E-state index contributed by atoms with van der Waals surface area (Å²) < 4.78 is 1.91. The first-order valence-electron chi connectivity index (χ1n) is 4.99. The van der Waals surface area contributed by atoms with Gasteiger partial charge in [-0.3, -0.25) is 4.79 Å². The van der Waals surface area contributed by atoms with E-state index in [9.17, 15) is 4.79 Å². The van der Waals surface area contributed by atoms with Crippen LogP contribution in [0.3, 0.4) is 0 Å². The van der Waals surface area contributed by atoms with Crippen LogP contribution in [0.5, 0.6) is 0 Å². The predicted octanol–water partition coefficient (Wildman–Crippen LogP) is 3.27. The SMILES string of the molecule is Nc1nc(CC(=O)Nc2cc(I)ccc2Br)cs1. The van der Waals surface area contributed by atoms with Gasteiger partial charge >= 0.3 is 0 Å². The van der Waals surface area contributed by atoms with Gasteiger partial charge in [-0.05, 0) is 56.7 Å². The van der Waals surface area contributed by atoms with E-state index in [0.717, 1.165) is 13.7 Å². The zero-order valence-corrected chi connectivity index (χ0v) is 13.7. The van der Waals surface area contributed by atoms with Crippen molar-refractivity contribution in [2.24, 2.45) is 0 Å². The largest absolute Gasteiger partial charge is 0.375 e. The standard InChI is InChI=1S/C11H9BrIN3OS/c12-8-2-1-6(13)3-9(8)16-10(17)4-7-5-18-11(14)15-7/h1-3,5H,4H2,(H2,14,15)(H,16,17). The number of carbonyl (C=O) groups is 1. The minimum absolute atomic E-state index is 0.108. The summed E-state index contributed by atoms with van der Waals surface area (Å²) in [5.41, 5.74) is 6.97. The normalized spacial score (nSPS) is 10.3. The molecule has 0 aliphatic rings. The first-order valence-corrected chi connectivity index (χ1v) is 7.74. The van der Waals surface area contributed by atoms with Crippen molar-refractivity contribution in [1.29, 1.82) is 0 Å². The second-order valence-corrected chi connectivity index (χ2v) is 6.52.